The molecule has 2 rings (SSSR count). The van der Waals surface area contributed by atoms with E-state index in [4.69, 9.17) is 0 Å². The Hall–Kier alpha value is -1.12. The minimum absolute atomic E-state index is 0.333. The summed E-state index contributed by atoms with van der Waals surface area (Å²) in [5, 5.41) is 3.36. The normalized spacial score (nSPS) is 18.0. The first-order valence-electron chi connectivity index (χ1n) is 6.69. The Morgan fingerprint density at radius 2 is 1.82 bits per heavy atom. The second-order valence-electron chi connectivity index (χ2n) is 5.75. The summed E-state index contributed by atoms with van der Waals surface area (Å²) in [5.41, 5.74) is 0.333. The minimum Gasteiger partial charge on any atom is -0.354 e. The Labute approximate surface area is 104 Å². The van der Waals surface area contributed by atoms with Gasteiger partial charge >= 0.3 is 0 Å². The van der Waals surface area contributed by atoms with Gasteiger partial charge in [0, 0.05) is 18.9 Å². The fraction of sp³-hybridized carbons (Fsp3) is 0.714. The van der Waals surface area contributed by atoms with Crippen LogP contribution in [0, 0.1) is 11.3 Å². The number of rotatable bonds is 4. The lowest BCUT2D eigenvalue weighted by molar-refractivity contribution is 0.171. The molecule has 0 atom stereocenters. The average Bonchev–Trinajstić information content (AvgIpc) is 2.39. The molecule has 94 valence electrons. The smallest absolute Gasteiger partial charge is 0.222 e. The molecule has 1 aliphatic rings. The maximum Gasteiger partial charge on any atom is 0.222 e. The van der Waals surface area contributed by atoms with Gasteiger partial charge in [0.15, 0.2) is 0 Å². The predicted octanol–water partition coefficient (Wildman–Crippen LogP) is 3.50. The highest BCUT2D eigenvalue weighted by atomic mass is 15.1. The lowest BCUT2D eigenvalue weighted by Gasteiger charge is -2.37. The zero-order chi connectivity index (χ0) is 12.1. The summed E-state index contributed by atoms with van der Waals surface area (Å²) in [6.07, 6.45) is 10.5. The van der Waals surface area contributed by atoms with Crippen molar-refractivity contribution in [2.45, 2.75) is 46.0 Å². The molecule has 0 unspecified atom stereocenters. The molecule has 3 heteroatoms. The molecular formula is C14H23N3. The third-order valence-electron chi connectivity index (χ3n) is 3.98. The van der Waals surface area contributed by atoms with Gasteiger partial charge in [0.2, 0.25) is 5.95 Å². The summed E-state index contributed by atoms with van der Waals surface area (Å²) in [7, 11) is 0. The van der Waals surface area contributed by atoms with Crippen LogP contribution in [-0.2, 0) is 0 Å². The van der Waals surface area contributed by atoms with Crippen LogP contribution in [0.25, 0.3) is 0 Å². The van der Waals surface area contributed by atoms with E-state index in [1.807, 2.05) is 6.07 Å². The molecule has 0 spiro atoms. The SMILES string of the molecule is CC(C)(CNc1ncccn1)C1CCCCC1. The number of hydrogen-bond donors (Lipinski definition) is 1. The van der Waals surface area contributed by atoms with Crippen molar-refractivity contribution >= 4 is 5.95 Å². The summed E-state index contributed by atoms with van der Waals surface area (Å²) < 4.78 is 0. The molecule has 1 heterocycles. The largest absolute Gasteiger partial charge is 0.354 e. The third-order valence-corrected chi connectivity index (χ3v) is 3.98. The van der Waals surface area contributed by atoms with E-state index in [0.29, 0.717) is 5.41 Å². The lowest BCUT2D eigenvalue weighted by Crippen LogP contribution is -2.33. The Bertz CT molecular complexity index is 329. The molecule has 1 aromatic rings. The molecule has 0 saturated heterocycles. The zero-order valence-electron chi connectivity index (χ0n) is 10.9. The van der Waals surface area contributed by atoms with Gasteiger partial charge in [-0.15, -0.1) is 0 Å². The minimum atomic E-state index is 0.333. The summed E-state index contributed by atoms with van der Waals surface area (Å²) >= 11 is 0. The number of aromatic nitrogens is 2. The van der Waals surface area contributed by atoms with Crippen molar-refractivity contribution in [3.05, 3.63) is 18.5 Å². The van der Waals surface area contributed by atoms with E-state index in [2.05, 4.69) is 29.1 Å². The van der Waals surface area contributed by atoms with Crippen LogP contribution in [-0.4, -0.2) is 16.5 Å². The molecule has 0 amide bonds. The number of nitrogens with zero attached hydrogens (tertiary/aromatic N) is 2. The first kappa shape index (κ1) is 12.3. The fourth-order valence-electron chi connectivity index (χ4n) is 2.73. The molecule has 1 aromatic heterocycles. The van der Waals surface area contributed by atoms with Gasteiger partial charge in [-0.05, 0) is 30.2 Å². The van der Waals surface area contributed by atoms with Crippen molar-refractivity contribution in [1.82, 2.24) is 9.97 Å². The van der Waals surface area contributed by atoms with Crippen LogP contribution in [0.1, 0.15) is 46.0 Å². The molecule has 1 fully saturated rings. The molecular weight excluding hydrogens is 210 g/mol. The Kier molecular flexibility index (Phi) is 3.97. The summed E-state index contributed by atoms with van der Waals surface area (Å²) in [4.78, 5) is 8.41. The fourth-order valence-corrected chi connectivity index (χ4v) is 2.73. The number of nitrogens with one attached hydrogen (secondary N) is 1. The van der Waals surface area contributed by atoms with E-state index < -0.39 is 0 Å². The third kappa shape index (κ3) is 3.42. The molecule has 3 nitrogen and oxygen atoms in total. The van der Waals surface area contributed by atoms with Crippen molar-refractivity contribution in [1.29, 1.82) is 0 Å². The zero-order valence-corrected chi connectivity index (χ0v) is 10.9. The van der Waals surface area contributed by atoms with Gasteiger partial charge in [-0.3, -0.25) is 0 Å². The van der Waals surface area contributed by atoms with Gasteiger partial charge < -0.3 is 5.32 Å². The van der Waals surface area contributed by atoms with E-state index in [0.717, 1.165) is 18.4 Å². The Balaban J connectivity index is 1.88. The maximum atomic E-state index is 4.20. The van der Waals surface area contributed by atoms with E-state index in [-0.39, 0.29) is 0 Å². The summed E-state index contributed by atoms with van der Waals surface area (Å²) in [6.45, 7) is 5.68. The monoisotopic (exact) mass is 233 g/mol. The average molecular weight is 233 g/mol. The van der Waals surface area contributed by atoms with E-state index in [9.17, 15) is 0 Å². The van der Waals surface area contributed by atoms with Crippen molar-refractivity contribution in [3.8, 4) is 0 Å². The van der Waals surface area contributed by atoms with Crippen molar-refractivity contribution in [3.63, 3.8) is 0 Å². The second kappa shape index (κ2) is 5.48. The number of anilines is 1. The molecule has 1 aliphatic carbocycles. The highest BCUT2D eigenvalue weighted by Crippen LogP contribution is 2.38. The highest BCUT2D eigenvalue weighted by molar-refractivity contribution is 5.22. The van der Waals surface area contributed by atoms with Gasteiger partial charge in [0.25, 0.3) is 0 Å². The lowest BCUT2D eigenvalue weighted by atomic mass is 9.71. The first-order valence-corrected chi connectivity index (χ1v) is 6.69. The van der Waals surface area contributed by atoms with Crippen LogP contribution < -0.4 is 5.32 Å². The Morgan fingerprint density at radius 1 is 1.18 bits per heavy atom. The maximum absolute atomic E-state index is 4.20. The van der Waals surface area contributed by atoms with Gasteiger partial charge in [-0.2, -0.15) is 0 Å². The van der Waals surface area contributed by atoms with Crippen LogP contribution in [0.5, 0.6) is 0 Å². The van der Waals surface area contributed by atoms with Gasteiger partial charge in [-0.1, -0.05) is 33.1 Å². The van der Waals surface area contributed by atoms with Gasteiger partial charge in [-0.25, -0.2) is 9.97 Å². The van der Waals surface area contributed by atoms with Crippen LogP contribution >= 0.6 is 0 Å². The molecule has 0 aliphatic heterocycles. The highest BCUT2D eigenvalue weighted by Gasteiger charge is 2.30. The predicted molar refractivity (Wildman–Crippen MR) is 70.9 cm³/mol. The van der Waals surface area contributed by atoms with E-state index in [1.54, 1.807) is 12.4 Å². The topological polar surface area (TPSA) is 37.8 Å². The second-order valence-corrected chi connectivity index (χ2v) is 5.75. The number of hydrogen-bond acceptors (Lipinski definition) is 3. The molecule has 0 bridgehead atoms. The molecule has 1 saturated carbocycles. The molecule has 17 heavy (non-hydrogen) atoms. The van der Waals surface area contributed by atoms with Crippen LogP contribution in [0.15, 0.2) is 18.5 Å². The molecule has 0 aromatic carbocycles. The quantitative estimate of drug-likeness (QED) is 0.865. The summed E-state index contributed by atoms with van der Waals surface area (Å²) in [5.74, 6) is 1.59. The van der Waals surface area contributed by atoms with Gasteiger partial charge in [0.05, 0.1) is 0 Å². The molecule has 0 radical (unpaired) electrons. The van der Waals surface area contributed by atoms with Crippen molar-refractivity contribution < 1.29 is 0 Å². The van der Waals surface area contributed by atoms with Crippen LogP contribution in [0.3, 0.4) is 0 Å². The van der Waals surface area contributed by atoms with E-state index in [1.165, 1.54) is 32.1 Å². The molecule has 1 N–H and O–H groups in total. The Morgan fingerprint density at radius 3 is 2.47 bits per heavy atom. The summed E-state index contributed by atoms with van der Waals surface area (Å²) in [6, 6.07) is 1.84. The van der Waals surface area contributed by atoms with Crippen LogP contribution in [0.2, 0.25) is 0 Å². The van der Waals surface area contributed by atoms with Crippen LogP contribution in [0.4, 0.5) is 5.95 Å². The van der Waals surface area contributed by atoms with E-state index >= 15 is 0 Å². The standard InChI is InChI=1S/C14H23N3/c1-14(2,12-7-4-3-5-8-12)11-17-13-15-9-6-10-16-13/h6,9-10,12H,3-5,7-8,11H2,1-2H3,(H,15,16,17). The first-order chi connectivity index (χ1) is 8.18. The van der Waals surface area contributed by atoms with Crippen molar-refractivity contribution in [2.75, 3.05) is 11.9 Å². The van der Waals surface area contributed by atoms with Crippen molar-refractivity contribution in [2.24, 2.45) is 11.3 Å². The van der Waals surface area contributed by atoms with Gasteiger partial charge in [0.1, 0.15) is 0 Å².